The lowest BCUT2D eigenvalue weighted by Crippen LogP contribution is -2.53. The minimum Gasteiger partial charge on any atom is -0.479 e. The topological polar surface area (TPSA) is 77.8 Å². The molecule has 5 nitrogen and oxygen atoms in total. The van der Waals surface area contributed by atoms with Crippen molar-refractivity contribution >= 4 is 23.7 Å². The zero-order valence-electron chi connectivity index (χ0n) is 7.82. The highest BCUT2D eigenvalue weighted by Gasteiger charge is 2.53. The van der Waals surface area contributed by atoms with Gasteiger partial charge in [0.2, 0.25) is 0 Å². The van der Waals surface area contributed by atoms with E-state index < -0.39 is 30.3 Å². The lowest BCUT2D eigenvalue weighted by atomic mass is 9.93. The first-order valence-corrected chi connectivity index (χ1v) is 4.91. The van der Waals surface area contributed by atoms with E-state index in [1.807, 2.05) is 0 Å². The van der Waals surface area contributed by atoms with E-state index in [0.29, 0.717) is 4.90 Å². The molecule has 7 heteroatoms. The summed E-state index contributed by atoms with van der Waals surface area (Å²) in [5.41, 5.74) is -1.70. The van der Waals surface area contributed by atoms with Gasteiger partial charge < -0.3 is 10.2 Å². The third-order valence-corrected chi connectivity index (χ3v) is 2.78. The third kappa shape index (κ3) is 1.99. The number of aliphatic carboxylic acids is 1. The molecule has 1 heterocycles. The Hall–Kier alpha value is -1.04. The zero-order chi connectivity index (χ0) is 11.6. The van der Waals surface area contributed by atoms with Gasteiger partial charge in [0.15, 0.2) is 0 Å². The molecule has 1 rings (SSSR count). The van der Waals surface area contributed by atoms with Gasteiger partial charge in [0, 0.05) is 12.3 Å². The predicted molar refractivity (Wildman–Crippen MR) is 49.9 cm³/mol. The first-order valence-electron chi connectivity index (χ1n) is 4.38. The van der Waals surface area contributed by atoms with E-state index in [1.165, 1.54) is 0 Å². The number of hydrogen-bond acceptors (Lipinski definition) is 2. The second-order valence-electron chi connectivity index (χ2n) is 3.47. The molecule has 0 spiro atoms. The van der Waals surface area contributed by atoms with Crippen molar-refractivity contribution in [1.82, 2.24) is 4.90 Å². The largest absolute Gasteiger partial charge is 0.479 e. The summed E-state index contributed by atoms with van der Waals surface area (Å²) in [7, 11) is 0. The molecule has 0 radical (unpaired) electrons. The number of carboxylic acid groups (broad SMARTS) is 2. The maximum Gasteiger partial charge on any atom is 0.408 e. The number of nitrogens with zero attached hydrogens (tertiary/aromatic N) is 1. The van der Waals surface area contributed by atoms with Gasteiger partial charge in [-0.15, -0.1) is 11.6 Å². The maximum atomic E-state index is 13.1. The van der Waals surface area contributed by atoms with Crippen molar-refractivity contribution in [3.63, 3.8) is 0 Å². The van der Waals surface area contributed by atoms with Crippen LogP contribution in [0.25, 0.3) is 0 Å². The number of amides is 1. The minimum absolute atomic E-state index is 0.0250. The Kier molecular flexibility index (Phi) is 3.38. The predicted octanol–water partition coefficient (Wildman–Crippen LogP) is 1.16. The monoisotopic (exact) mass is 239 g/mol. The second kappa shape index (κ2) is 4.22. The summed E-state index contributed by atoms with van der Waals surface area (Å²) in [6, 6.07) is 0. The van der Waals surface area contributed by atoms with Gasteiger partial charge in [-0.25, -0.2) is 14.0 Å². The number of alkyl halides is 2. The average Bonchev–Trinajstić information content (AvgIpc) is 2.44. The van der Waals surface area contributed by atoms with E-state index in [4.69, 9.17) is 21.8 Å². The van der Waals surface area contributed by atoms with Crippen LogP contribution in [0.15, 0.2) is 0 Å². The van der Waals surface area contributed by atoms with Crippen LogP contribution < -0.4 is 0 Å². The first kappa shape index (κ1) is 12.0. The maximum absolute atomic E-state index is 13.1. The summed E-state index contributed by atoms with van der Waals surface area (Å²) < 4.78 is 13.1. The molecule has 2 atom stereocenters. The highest BCUT2D eigenvalue weighted by atomic mass is 35.5. The van der Waals surface area contributed by atoms with Gasteiger partial charge in [-0.2, -0.15) is 0 Å². The van der Waals surface area contributed by atoms with Crippen molar-refractivity contribution in [2.24, 2.45) is 0 Å². The molecule has 15 heavy (non-hydrogen) atoms. The van der Waals surface area contributed by atoms with E-state index in [2.05, 4.69) is 0 Å². The standard InChI is InChI=1S/C8H11ClFNO4/c9-2-1-8(6(12)13)3-5(10)4-11(8)7(14)15/h5H,1-4H2,(H,12,13)(H,14,15)/t5-,8?/m1/s1. The van der Waals surface area contributed by atoms with Gasteiger partial charge in [0.05, 0.1) is 6.54 Å². The van der Waals surface area contributed by atoms with Crippen molar-refractivity contribution in [2.75, 3.05) is 12.4 Å². The number of rotatable bonds is 3. The number of likely N-dealkylation sites (tertiary alicyclic amines) is 1. The van der Waals surface area contributed by atoms with Gasteiger partial charge in [-0.05, 0) is 6.42 Å². The van der Waals surface area contributed by atoms with Crippen molar-refractivity contribution < 1.29 is 24.2 Å². The van der Waals surface area contributed by atoms with Crippen molar-refractivity contribution in [3.8, 4) is 0 Å². The van der Waals surface area contributed by atoms with Crippen LogP contribution in [0.3, 0.4) is 0 Å². The number of halogens is 2. The van der Waals surface area contributed by atoms with Gasteiger partial charge in [0.25, 0.3) is 0 Å². The summed E-state index contributed by atoms with van der Waals surface area (Å²) >= 11 is 5.43. The Morgan fingerprint density at radius 2 is 2.13 bits per heavy atom. The van der Waals surface area contributed by atoms with E-state index >= 15 is 0 Å². The van der Waals surface area contributed by atoms with Crippen LogP contribution in [-0.2, 0) is 4.79 Å². The fraction of sp³-hybridized carbons (Fsp3) is 0.750. The number of carboxylic acids is 1. The lowest BCUT2D eigenvalue weighted by Gasteiger charge is -2.31. The molecule has 0 aromatic heterocycles. The second-order valence-corrected chi connectivity index (χ2v) is 3.85. The van der Waals surface area contributed by atoms with Crippen molar-refractivity contribution in [1.29, 1.82) is 0 Å². The number of hydrogen-bond donors (Lipinski definition) is 2. The Morgan fingerprint density at radius 3 is 2.53 bits per heavy atom. The molecule has 1 aliphatic heterocycles. The van der Waals surface area contributed by atoms with Gasteiger partial charge >= 0.3 is 12.1 Å². The fourth-order valence-corrected chi connectivity index (χ4v) is 2.19. The molecule has 0 aromatic carbocycles. The average molecular weight is 240 g/mol. The fourth-order valence-electron chi connectivity index (χ4n) is 1.88. The minimum atomic E-state index is -1.70. The van der Waals surface area contributed by atoms with Crippen LogP contribution in [-0.4, -0.2) is 51.3 Å². The van der Waals surface area contributed by atoms with Crippen LogP contribution in [0.4, 0.5) is 9.18 Å². The Morgan fingerprint density at radius 1 is 1.53 bits per heavy atom. The highest BCUT2D eigenvalue weighted by molar-refractivity contribution is 6.18. The first-order chi connectivity index (χ1) is 6.94. The molecule has 0 bridgehead atoms. The highest BCUT2D eigenvalue weighted by Crippen LogP contribution is 2.34. The smallest absolute Gasteiger partial charge is 0.408 e. The molecule has 1 aliphatic rings. The van der Waals surface area contributed by atoms with E-state index in [1.54, 1.807) is 0 Å². The normalized spacial score (nSPS) is 30.5. The van der Waals surface area contributed by atoms with Crippen molar-refractivity contribution in [3.05, 3.63) is 0 Å². The molecular weight excluding hydrogens is 229 g/mol. The van der Waals surface area contributed by atoms with Crippen LogP contribution in [0, 0.1) is 0 Å². The number of carbonyl (C=O) groups is 2. The quantitative estimate of drug-likeness (QED) is 0.725. The zero-order valence-corrected chi connectivity index (χ0v) is 8.58. The molecule has 1 amide bonds. The molecule has 1 saturated heterocycles. The molecular formula is C8H11ClFNO4. The molecule has 0 saturated carbocycles. The Bertz CT molecular complexity index is 288. The lowest BCUT2D eigenvalue weighted by molar-refractivity contribution is -0.148. The van der Waals surface area contributed by atoms with E-state index in [9.17, 15) is 14.0 Å². The van der Waals surface area contributed by atoms with Gasteiger partial charge in [-0.3, -0.25) is 4.90 Å². The van der Waals surface area contributed by atoms with Crippen LogP contribution in [0.2, 0.25) is 0 Å². The summed E-state index contributed by atoms with van der Waals surface area (Å²) in [4.78, 5) is 22.5. The van der Waals surface area contributed by atoms with Gasteiger partial charge in [0.1, 0.15) is 11.7 Å². The summed E-state index contributed by atoms with van der Waals surface area (Å²) in [6.45, 7) is -0.404. The van der Waals surface area contributed by atoms with Crippen LogP contribution >= 0.6 is 11.6 Å². The SMILES string of the molecule is O=C(O)N1C[C@H](F)CC1(CCCl)C(=O)O. The van der Waals surface area contributed by atoms with Crippen LogP contribution in [0.5, 0.6) is 0 Å². The summed E-state index contributed by atoms with van der Waals surface area (Å²) in [5, 5.41) is 17.8. The molecule has 86 valence electrons. The third-order valence-electron chi connectivity index (χ3n) is 2.59. The van der Waals surface area contributed by atoms with E-state index in [0.717, 1.165) is 0 Å². The summed E-state index contributed by atoms with van der Waals surface area (Å²) in [5.74, 6) is -1.37. The molecule has 1 unspecified atom stereocenters. The van der Waals surface area contributed by atoms with Crippen LogP contribution in [0.1, 0.15) is 12.8 Å². The molecule has 1 fully saturated rings. The molecule has 0 aromatic rings. The molecule has 2 N–H and O–H groups in total. The van der Waals surface area contributed by atoms with Gasteiger partial charge in [-0.1, -0.05) is 0 Å². The van der Waals surface area contributed by atoms with E-state index in [-0.39, 0.29) is 18.7 Å². The van der Waals surface area contributed by atoms with Crippen molar-refractivity contribution in [2.45, 2.75) is 24.6 Å². The molecule has 0 aliphatic carbocycles. The Labute approximate surface area is 90.4 Å². The summed E-state index contributed by atoms with van der Waals surface area (Å²) in [6.07, 6.45) is -3.29. The Balaban J connectivity index is 3.02.